The highest BCUT2D eigenvalue weighted by molar-refractivity contribution is 5.76. The van der Waals surface area contributed by atoms with Crippen LogP contribution in [-0.2, 0) is 22.7 Å². The number of carboxylic acid groups (broad SMARTS) is 1. The summed E-state index contributed by atoms with van der Waals surface area (Å²) in [5, 5.41) is 23.4. The smallest absolute Gasteiger partial charge is 0.416 e. The summed E-state index contributed by atoms with van der Waals surface area (Å²) in [6.07, 6.45) is -9.01. The molecule has 4 aromatic rings. The molecular formula is C34H33F6N5O6. The lowest BCUT2D eigenvalue weighted by Gasteiger charge is -2.38. The number of rotatable bonds is 12. The Morgan fingerprint density at radius 2 is 1.43 bits per heavy atom. The number of nitrogens with one attached hydrogen (secondary N) is 1. The van der Waals surface area contributed by atoms with Crippen LogP contribution in [0.2, 0.25) is 0 Å². The molecule has 17 heteroatoms. The first-order chi connectivity index (χ1) is 23.9. The number of aliphatic carboxylic acids is 1. The van der Waals surface area contributed by atoms with Crippen molar-refractivity contribution in [2.24, 2.45) is 0 Å². The molecule has 1 aliphatic heterocycles. The molecule has 11 nitrogen and oxygen atoms in total. The van der Waals surface area contributed by atoms with Gasteiger partial charge in [-0.25, -0.2) is 4.79 Å². The first-order valence-electron chi connectivity index (χ1n) is 15.5. The molecule has 0 radical (unpaired) electrons. The maximum Gasteiger partial charge on any atom is 0.416 e. The van der Waals surface area contributed by atoms with E-state index in [1.54, 1.807) is 29.2 Å². The predicted molar refractivity (Wildman–Crippen MR) is 171 cm³/mol. The maximum absolute atomic E-state index is 13.3. The van der Waals surface area contributed by atoms with Crippen LogP contribution < -0.4 is 24.4 Å². The van der Waals surface area contributed by atoms with Gasteiger partial charge in [0.25, 0.3) is 0 Å². The Hall–Kier alpha value is -5.32. The van der Waals surface area contributed by atoms with Gasteiger partial charge in [-0.2, -0.15) is 41.3 Å². The van der Waals surface area contributed by atoms with E-state index < -0.39 is 40.7 Å². The first kappa shape index (κ1) is 36.9. The maximum atomic E-state index is 13.3. The summed E-state index contributed by atoms with van der Waals surface area (Å²) in [5.41, 5.74) is -4.32. The topological polar surface area (TPSA) is 139 Å². The van der Waals surface area contributed by atoms with Gasteiger partial charge in [0.1, 0.15) is 24.7 Å². The molecule has 0 aliphatic carbocycles. The van der Waals surface area contributed by atoms with Crippen LogP contribution in [0.1, 0.15) is 43.4 Å². The normalized spacial score (nSPS) is 14.9. The number of halogens is 6. The molecule has 1 aliphatic rings. The number of hydrogen-bond acceptors (Lipinski definition) is 10. The van der Waals surface area contributed by atoms with Gasteiger partial charge in [0, 0.05) is 18.8 Å². The Labute approximate surface area is 287 Å². The highest BCUT2D eigenvalue weighted by Gasteiger charge is 2.38. The lowest BCUT2D eigenvalue weighted by molar-refractivity contribution is -0.152. The van der Waals surface area contributed by atoms with E-state index in [0.29, 0.717) is 11.5 Å². The van der Waals surface area contributed by atoms with E-state index in [1.165, 1.54) is 38.1 Å². The van der Waals surface area contributed by atoms with E-state index in [1.807, 2.05) is 0 Å². The van der Waals surface area contributed by atoms with E-state index in [0.717, 1.165) is 24.3 Å². The number of carboxylic acids is 1. The Bertz CT molecular complexity index is 1810. The third-order valence-electron chi connectivity index (χ3n) is 7.97. The number of piperidine rings is 1. The fourth-order valence-corrected chi connectivity index (χ4v) is 5.06. The summed E-state index contributed by atoms with van der Waals surface area (Å²) in [4.78, 5) is 26.0. The zero-order chi connectivity index (χ0) is 37.0. The van der Waals surface area contributed by atoms with Crippen LogP contribution >= 0.6 is 0 Å². The molecule has 0 unspecified atom stereocenters. The van der Waals surface area contributed by atoms with Crippen molar-refractivity contribution in [3.8, 4) is 17.5 Å². The van der Waals surface area contributed by atoms with E-state index in [9.17, 15) is 41.4 Å². The fourth-order valence-electron chi connectivity index (χ4n) is 5.06. The quantitative estimate of drug-likeness (QED) is 0.105. The number of nitrogens with zero attached hydrogens (tertiary/aromatic N) is 4. The highest BCUT2D eigenvalue weighted by Crippen LogP contribution is 2.38. The number of ether oxygens (including phenoxy) is 3. The molecule has 272 valence electrons. The van der Waals surface area contributed by atoms with Crippen molar-refractivity contribution in [1.82, 2.24) is 15.0 Å². The molecule has 0 atom stereocenters. The van der Waals surface area contributed by atoms with Crippen LogP contribution in [0.15, 0.2) is 72.8 Å². The second-order valence-electron chi connectivity index (χ2n) is 12.1. The molecule has 5 rings (SSSR count). The van der Waals surface area contributed by atoms with Crippen molar-refractivity contribution in [1.29, 1.82) is 0 Å². The molecule has 0 spiro atoms. The van der Waals surface area contributed by atoms with Gasteiger partial charge in [0.05, 0.1) is 16.7 Å². The lowest BCUT2D eigenvalue weighted by Crippen LogP contribution is -2.43. The average molecular weight is 722 g/mol. The second kappa shape index (κ2) is 14.5. The summed E-state index contributed by atoms with van der Waals surface area (Å²) >= 11 is 0. The van der Waals surface area contributed by atoms with Crippen LogP contribution in [0.5, 0.6) is 17.5 Å². The van der Waals surface area contributed by atoms with Crippen LogP contribution in [0.25, 0.3) is 0 Å². The minimum absolute atomic E-state index is 0.0250. The van der Waals surface area contributed by atoms with Gasteiger partial charge in [-0.15, -0.1) is 0 Å². The molecule has 3 aromatic carbocycles. The summed E-state index contributed by atoms with van der Waals surface area (Å²) < 4.78 is 96.1. The van der Waals surface area contributed by atoms with Crippen molar-refractivity contribution < 1.29 is 55.6 Å². The van der Waals surface area contributed by atoms with Crippen molar-refractivity contribution in [2.45, 2.75) is 50.2 Å². The Morgan fingerprint density at radius 1 is 0.824 bits per heavy atom. The molecule has 1 saturated heterocycles. The first-order valence-corrected chi connectivity index (χ1v) is 15.5. The number of hydrogen-bond donors (Lipinski definition) is 3. The van der Waals surface area contributed by atoms with Crippen LogP contribution in [0.4, 0.5) is 43.9 Å². The molecular weight excluding hydrogens is 688 g/mol. The number of alkyl halides is 6. The third-order valence-corrected chi connectivity index (χ3v) is 7.97. The third kappa shape index (κ3) is 9.48. The van der Waals surface area contributed by atoms with E-state index in [4.69, 9.17) is 14.2 Å². The summed E-state index contributed by atoms with van der Waals surface area (Å²) in [6, 6.07) is 14.8. The molecule has 51 heavy (non-hydrogen) atoms. The Kier molecular flexibility index (Phi) is 10.5. The highest BCUT2D eigenvalue weighted by atomic mass is 19.4. The average Bonchev–Trinajstić information content (AvgIpc) is 3.07. The largest absolute Gasteiger partial charge is 0.490 e. The molecule has 0 amide bonds. The Balaban J connectivity index is 1.28. The SMILES string of the molecule is CC(C)(Oc1ccc(OCCOc2nc(Nc3ccc(C(F)(F)F)cc3)nc(N3CCC(O)(c4cccc(C(F)(F)F)c4)CC3)n2)cc1)C(=O)O. The standard InChI is InChI=1S/C34H33F6N5O6/c1-31(2,27(46)47)51-26-12-10-25(11-13-26)49-18-19-50-30-43-28(41-24-8-6-21(7-9-24)33(35,36)37)42-29(44-30)45-16-14-32(48,15-17-45)22-4-3-5-23(20-22)34(38,39)40/h3-13,20,48H,14-19H2,1-2H3,(H,46,47)(H,41,42,43,44). The number of aliphatic hydroxyl groups is 1. The van der Waals surface area contributed by atoms with E-state index >= 15 is 0 Å². The summed E-state index contributed by atoms with van der Waals surface area (Å²) in [6.45, 7) is 3.09. The predicted octanol–water partition coefficient (Wildman–Crippen LogP) is 6.84. The van der Waals surface area contributed by atoms with Crippen LogP contribution in [-0.4, -0.2) is 63.0 Å². The molecule has 0 saturated carbocycles. The fraction of sp³-hybridized carbons (Fsp3) is 0.353. The summed E-state index contributed by atoms with van der Waals surface area (Å²) in [7, 11) is 0. The van der Waals surface area contributed by atoms with E-state index in [2.05, 4.69) is 20.3 Å². The van der Waals surface area contributed by atoms with Crippen molar-refractivity contribution in [3.63, 3.8) is 0 Å². The van der Waals surface area contributed by atoms with E-state index in [-0.39, 0.29) is 68.3 Å². The monoisotopic (exact) mass is 721 g/mol. The zero-order valence-electron chi connectivity index (χ0n) is 27.3. The van der Waals surface area contributed by atoms with Gasteiger partial charge >= 0.3 is 24.3 Å². The molecule has 1 fully saturated rings. The van der Waals surface area contributed by atoms with Gasteiger partial charge in [-0.1, -0.05) is 12.1 Å². The number of aromatic nitrogens is 3. The van der Waals surface area contributed by atoms with Crippen molar-refractivity contribution in [2.75, 3.05) is 36.5 Å². The molecule has 2 heterocycles. The molecule has 3 N–H and O–H groups in total. The molecule has 0 bridgehead atoms. The van der Waals surface area contributed by atoms with Crippen LogP contribution in [0, 0.1) is 0 Å². The minimum Gasteiger partial charge on any atom is -0.490 e. The van der Waals surface area contributed by atoms with Gasteiger partial charge < -0.3 is 34.6 Å². The second-order valence-corrected chi connectivity index (χ2v) is 12.1. The lowest BCUT2D eigenvalue weighted by atomic mass is 9.84. The van der Waals surface area contributed by atoms with Crippen molar-refractivity contribution in [3.05, 3.63) is 89.5 Å². The zero-order valence-corrected chi connectivity index (χ0v) is 27.3. The van der Waals surface area contributed by atoms with Gasteiger partial charge in [-0.3, -0.25) is 0 Å². The van der Waals surface area contributed by atoms with Gasteiger partial charge in [-0.05, 0) is 92.9 Å². The van der Waals surface area contributed by atoms with Gasteiger partial charge in [0.2, 0.25) is 11.9 Å². The summed E-state index contributed by atoms with van der Waals surface area (Å²) in [5.74, 6) is -0.337. The number of carbonyl (C=O) groups is 1. The van der Waals surface area contributed by atoms with Crippen molar-refractivity contribution >= 4 is 23.6 Å². The number of anilines is 3. The van der Waals surface area contributed by atoms with Crippen LogP contribution in [0.3, 0.4) is 0 Å². The Morgan fingerprint density at radius 3 is 2.04 bits per heavy atom. The molecule has 1 aromatic heterocycles. The number of benzene rings is 3. The van der Waals surface area contributed by atoms with Gasteiger partial charge in [0.15, 0.2) is 5.60 Å². The minimum atomic E-state index is -4.57.